The minimum atomic E-state index is 0.153. The number of benzene rings is 1. The molecule has 1 aliphatic heterocycles. The summed E-state index contributed by atoms with van der Waals surface area (Å²) in [5.41, 5.74) is 1.27. The Labute approximate surface area is 127 Å². The van der Waals surface area contributed by atoms with Crippen molar-refractivity contribution in [2.75, 3.05) is 26.7 Å². The first kappa shape index (κ1) is 15.8. The van der Waals surface area contributed by atoms with Crippen LogP contribution in [-0.4, -0.2) is 37.6 Å². The van der Waals surface area contributed by atoms with Gasteiger partial charge in [-0.3, -0.25) is 9.69 Å². The number of hydrogen-bond acceptors (Lipinski definition) is 3. The fourth-order valence-electron chi connectivity index (χ4n) is 2.43. The van der Waals surface area contributed by atoms with Crippen LogP contribution in [0.3, 0.4) is 0 Å². The lowest BCUT2D eigenvalue weighted by atomic mass is 9.98. The van der Waals surface area contributed by atoms with E-state index in [2.05, 4.69) is 36.2 Å². The molecule has 0 aliphatic carbocycles. The van der Waals surface area contributed by atoms with Crippen molar-refractivity contribution < 1.29 is 9.53 Å². The highest BCUT2D eigenvalue weighted by Crippen LogP contribution is 2.20. The molecular weight excluding hydrogens is 264 g/mol. The van der Waals surface area contributed by atoms with Crippen molar-refractivity contribution in [3.63, 3.8) is 0 Å². The van der Waals surface area contributed by atoms with Crippen LogP contribution in [0.2, 0.25) is 0 Å². The van der Waals surface area contributed by atoms with Gasteiger partial charge in [0.05, 0.1) is 12.5 Å². The molecule has 1 amide bonds. The number of carbonyl (C=O) groups is 1. The largest absolute Gasteiger partial charge is 0.494 e. The van der Waals surface area contributed by atoms with Crippen molar-refractivity contribution in [1.29, 1.82) is 0 Å². The summed E-state index contributed by atoms with van der Waals surface area (Å²) in [7, 11) is 1.70. The van der Waals surface area contributed by atoms with Crippen LogP contribution in [0, 0.1) is 11.8 Å². The van der Waals surface area contributed by atoms with E-state index >= 15 is 0 Å². The van der Waals surface area contributed by atoms with Gasteiger partial charge in [-0.05, 0) is 30.0 Å². The molecule has 0 bridgehead atoms. The zero-order valence-corrected chi connectivity index (χ0v) is 13.3. The Kier molecular flexibility index (Phi) is 5.62. The molecule has 4 nitrogen and oxygen atoms in total. The normalized spacial score (nSPS) is 15.8. The minimum absolute atomic E-state index is 0.153. The van der Waals surface area contributed by atoms with Crippen molar-refractivity contribution in [3.05, 3.63) is 29.8 Å². The summed E-state index contributed by atoms with van der Waals surface area (Å²) in [5, 5.41) is 2.70. The molecule has 0 spiro atoms. The van der Waals surface area contributed by atoms with Gasteiger partial charge in [0.2, 0.25) is 5.91 Å². The highest BCUT2D eigenvalue weighted by molar-refractivity contribution is 5.79. The van der Waals surface area contributed by atoms with Crippen molar-refractivity contribution in [2.45, 2.75) is 26.8 Å². The van der Waals surface area contributed by atoms with E-state index in [1.807, 2.05) is 12.1 Å². The van der Waals surface area contributed by atoms with Crippen molar-refractivity contribution in [2.24, 2.45) is 11.8 Å². The van der Waals surface area contributed by atoms with Gasteiger partial charge in [-0.25, -0.2) is 0 Å². The van der Waals surface area contributed by atoms with E-state index in [9.17, 15) is 4.79 Å². The van der Waals surface area contributed by atoms with E-state index in [1.165, 1.54) is 5.56 Å². The van der Waals surface area contributed by atoms with Gasteiger partial charge >= 0.3 is 0 Å². The van der Waals surface area contributed by atoms with E-state index in [-0.39, 0.29) is 11.8 Å². The lowest BCUT2D eigenvalue weighted by Gasteiger charge is -2.38. The molecule has 0 radical (unpaired) electrons. The predicted molar refractivity (Wildman–Crippen MR) is 84.2 cm³/mol. The molecule has 0 aromatic heterocycles. The second kappa shape index (κ2) is 7.46. The second-order valence-electron chi connectivity index (χ2n) is 6.18. The highest BCUT2D eigenvalue weighted by Gasteiger charge is 2.31. The summed E-state index contributed by atoms with van der Waals surface area (Å²) < 4.78 is 5.71. The zero-order chi connectivity index (χ0) is 15.2. The third-order valence-electron chi connectivity index (χ3n) is 3.87. The molecule has 4 heteroatoms. The van der Waals surface area contributed by atoms with Crippen LogP contribution >= 0.6 is 0 Å². The maximum Gasteiger partial charge on any atom is 0.225 e. The number of hydrogen-bond donors (Lipinski definition) is 1. The smallest absolute Gasteiger partial charge is 0.225 e. The number of rotatable bonds is 7. The Hall–Kier alpha value is -1.55. The Balaban J connectivity index is 1.72. The summed E-state index contributed by atoms with van der Waals surface area (Å²) in [6.45, 7) is 7.78. The van der Waals surface area contributed by atoms with E-state index in [0.29, 0.717) is 5.92 Å². The summed E-state index contributed by atoms with van der Waals surface area (Å²) >= 11 is 0. The van der Waals surface area contributed by atoms with Gasteiger partial charge < -0.3 is 10.1 Å². The standard InChI is InChI=1S/C17H26N2O2/c1-13(2)8-9-21-16-6-4-14(5-7-16)10-19-11-15(12-19)17(20)18-3/h4-7,13,15H,8-12H2,1-3H3,(H,18,20). The fourth-order valence-corrected chi connectivity index (χ4v) is 2.43. The first-order chi connectivity index (χ1) is 10.1. The van der Waals surface area contributed by atoms with Gasteiger partial charge in [0.25, 0.3) is 0 Å². The predicted octanol–water partition coefficient (Wildman–Crippen LogP) is 2.29. The molecule has 1 N–H and O–H groups in total. The molecule has 1 aromatic carbocycles. The van der Waals surface area contributed by atoms with Gasteiger partial charge in [0.1, 0.15) is 5.75 Å². The number of ether oxygens (including phenoxy) is 1. The molecule has 0 atom stereocenters. The fraction of sp³-hybridized carbons (Fsp3) is 0.588. The Morgan fingerprint density at radius 2 is 2.00 bits per heavy atom. The SMILES string of the molecule is CNC(=O)C1CN(Cc2ccc(OCCC(C)C)cc2)C1. The molecule has 0 unspecified atom stereocenters. The van der Waals surface area contributed by atoms with Gasteiger partial charge in [-0.2, -0.15) is 0 Å². The summed E-state index contributed by atoms with van der Waals surface area (Å²) in [6.07, 6.45) is 1.08. The summed E-state index contributed by atoms with van der Waals surface area (Å²) in [5.74, 6) is 1.92. The summed E-state index contributed by atoms with van der Waals surface area (Å²) in [6, 6.07) is 8.28. The number of nitrogens with zero attached hydrogens (tertiary/aromatic N) is 1. The van der Waals surface area contributed by atoms with Gasteiger partial charge in [-0.15, -0.1) is 0 Å². The van der Waals surface area contributed by atoms with Crippen molar-refractivity contribution >= 4 is 5.91 Å². The number of carbonyl (C=O) groups excluding carboxylic acids is 1. The first-order valence-electron chi connectivity index (χ1n) is 7.74. The molecule has 1 heterocycles. The van der Waals surface area contributed by atoms with Crippen LogP contribution in [0.15, 0.2) is 24.3 Å². The molecule has 1 aliphatic rings. The minimum Gasteiger partial charge on any atom is -0.494 e. The molecule has 1 fully saturated rings. The van der Waals surface area contributed by atoms with E-state index in [0.717, 1.165) is 38.4 Å². The van der Waals surface area contributed by atoms with Crippen LogP contribution in [-0.2, 0) is 11.3 Å². The van der Waals surface area contributed by atoms with Gasteiger partial charge in [0.15, 0.2) is 0 Å². The Bertz CT molecular complexity index is 450. The average Bonchev–Trinajstić information content (AvgIpc) is 2.43. The number of nitrogens with one attached hydrogen (secondary N) is 1. The Morgan fingerprint density at radius 1 is 1.33 bits per heavy atom. The van der Waals surface area contributed by atoms with Crippen molar-refractivity contribution in [3.8, 4) is 5.75 Å². The quantitative estimate of drug-likeness (QED) is 0.838. The van der Waals surface area contributed by atoms with Gasteiger partial charge in [0, 0.05) is 26.7 Å². The maximum absolute atomic E-state index is 11.4. The molecule has 0 saturated carbocycles. The third kappa shape index (κ3) is 4.74. The van der Waals surface area contributed by atoms with E-state index < -0.39 is 0 Å². The second-order valence-corrected chi connectivity index (χ2v) is 6.18. The van der Waals surface area contributed by atoms with E-state index in [4.69, 9.17) is 4.74 Å². The van der Waals surface area contributed by atoms with Crippen LogP contribution in [0.1, 0.15) is 25.8 Å². The maximum atomic E-state index is 11.4. The monoisotopic (exact) mass is 290 g/mol. The number of likely N-dealkylation sites (tertiary alicyclic amines) is 1. The van der Waals surface area contributed by atoms with E-state index in [1.54, 1.807) is 7.05 Å². The van der Waals surface area contributed by atoms with Crippen LogP contribution in [0.4, 0.5) is 0 Å². The zero-order valence-electron chi connectivity index (χ0n) is 13.3. The molecule has 2 rings (SSSR count). The molecular formula is C17H26N2O2. The lowest BCUT2D eigenvalue weighted by molar-refractivity contribution is -0.129. The van der Waals surface area contributed by atoms with Gasteiger partial charge in [-0.1, -0.05) is 26.0 Å². The van der Waals surface area contributed by atoms with Crippen molar-refractivity contribution in [1.82, 2.24) is 10.2 Å². The Morgan fingerprint density at radius 3 is 2.57 bits per heavy atom. The first-order valence-corrected chi connectivity index (χ1v) is 7.74. The molecule has 116 valence electrons. The topological polar surface area (TPSA) is 41.6 Å². The third-order valence-corrected chi connectivity index (χ3v) is 3.87. The highest BCUT2D eigenvalue weighted by atomic mass is 16.5. The van der Waals surface area contributed by atoms with Crippen LogP contribution in [0.25, 0.3) is 0 Å². The van der Waals surface area contributed by atoms with Crippen LogP contribution < -0.4 is 10.1 Å². The van der Waals surface area contributed by atoms with Crippen LogP contribution in [0.5, 0.6) is 5.75 Å². The lowest BCUT2D eigenvalue weighted by Crippen LogP contribution is -2.52. The average molecular weight is 290 g/mol. The number of amides is 1. The molecule has 1 aromatic rings. The molecule has 1 saturated heterocycles. The molecule has 21 heavy (non-hydrogen) atoms. The summed E-state index contributed by atoms with van der Waals surface area (Å²) in [4.78, 5) is 13.7.